The van der Waals surface area contributed by atoms with Crippen LogP contribution in [0.4, 0.5) is 0 Å². The van der Waals surface area contributed by atoms with E-state index in [2.05, 4.69) is 15.3 Å². The SMILES string of the molecule is COCc1cnc(-c2ccccc2)n(CC(=O)NC(Cc2ccccc2)C(=O)C(O)CCCOc2ccccn2)c1=O. The van der Waals surface area contributed by atoms with Crippen LogP contribution in [0.1, 0.15) is 24.0 Å². The monoisotopic (exact) mass is 570 g/mol. The third-order valence-corrected chi connectivity index (χ3v) is 6.55. The number of pyridine rings is 1. The summed E-state index contributed by atoms with van der Waals surface area (Å²) in [6.07, 6.45) is 2.47. The lowest BCUT2D eigenvalue weighted by Crippen LogP contribution is -2.48. The third-order valence-electron chi connectivity index (χ3n) is 6.55. The topological polar surface area (TPSA) is 133 Å². The molecule has 4 aromatic rings. The fraction of sp³-hybridized carbons (Fsp3) is 0.281. The highest BCUT2D eigenvalue weighted by atomic mass is 16.5. The molecule has 4 rings (SSSR count). The van der Waals surface area contributed by atoms with Gasteiger partial charge in [-0.15, -0.1) is 0 Å². The van der Waals surface area contributed by atoms with Gasteiger partial charge in [-0.3, -0.25) is 19.0 Å². The predicted molar refractivity (Wildman–Crippen MR) is 157 cm³/mol. The van der Waals surface area contributed by atoms with Gasteiger partial charge in [0.1, 0.15) is 18.5 Å². The molecule has 218 valence electrons. The van der Waals surface area contributed by atoms with Gasteiger partial charge in [0.25, 0.3) is 5.56 Å². The Morgan fingerprint density at radius 2 is 1.69 bits per heavy atom. The number of carbonyl (C=O) groups excluding carboxylic acids is 2. The molecule has 0 bridgehead atoms. The number of Topliss-reactive ketones (excluding diaryl/α,β-unsaturated/α-hetero) is 1. The van der Waals surface area contributed by atoms with E-state index in [1.54, 1.807) is 36.5 Å². The minimum absolute atomic E-state index is 0.0356. The van der Waals surface area contributed by atoms with E-state index in [-0.39, 0.29) is 32.6 Å². The first kappa shape index (κ1) is 30.3. The number of hydrogen-bond donors (Lipinski definition) is 2. The van der Waals surface area contributed by atoms with Crippen molar-refractivity contribution in [1.29, 1.82) is 0 Å². The van der Waals surface area contributed by atoms with Gasteiger partial charge in [-0.2, -0.15) is 0 Å². The zero-order valence-corrected chi connectivity index (χ0v) is 23.4. The van der Waals surface area contributed by atoms with E-state index in [9.17, 15) is 19.5 Å². The van der Waals surface area contributed by atoms with E-state index >= 15 is 0 Å². The average molecular weight is 571 g/mol. The molecule has 2 aromatic heterocycles. The van der Waals surface area contributed by atoms with E-state index in [4.69, 9.17) is 9.47 Å². The van der Waals surface area contributed by atoms with Crippen molar-refractivity contribution in [3.05, 3.63) is 113 Å². The molecule has 0 saturated carbocycles. The van der Waals surface area contributed by atoms with Gasteiger partial charge in [0.05, 0.1) is 24.8 Å². The highest BCUT2D eigenvalue weighted by molar-refractivity contribution is 5.92. The summed E-state index contributed by atoms with van der Waals surface area (Å²) >= 11 is 0. The zero-order valence-electron chi connectivity index (χ0n) is 23.4. The number of benzene rings is 2. The van der Waals surface area contributed by atoms with Crippen molar-refractivity contribution in [3.63, 3.8) is 0 Å². The van der Waals surface area contributed by atoms with E-state index in [1.165, 1.54) is 17.9 Å². The first-order chi connectivity index (χ1) is 20.5. The number of nitrogens with one attached hydrogen (secondary N) is 1. The molecule has 0 aliphatic heterocycles. The van der Waals surface area contributed by atoms with Gasteiger partial charge in [-0.25, -0.2) is 9.97 Å². The van der Waals surface area contributed by atoms with Gasteiger partial charge in [-0.05, 0) is 30.9 Å². The molecular formula is C32H34N4O6. The molecule has 0 saturated heterocycles. The molecule has 0 radical (unpaired) electrons. The van der Waals surface area contributed by atoms with Crippen molar-refractivity contribution in [1.82, 2.24) is 19.9 Å². The minimum Gasteiger partial charge on any atom is -0.478 e. The molecule has 2 heterocycles. The van der Waals surface area contributed by atoms with Crippen molar-refractivity contribution in [3.8, 4) is 17.3 Å². The number of aliphatic hydroxyl groups is 1. The highest BCUT2D eigenvalue weighted by Gasteiger charge is 2.28. The number of hydrogen-bond acceptors (Lipinski definition) is 8. The van der Waals surface area contributed by atoms with E-state index < -0.39 is 29.4 Å². The van der Waals surface area contributed by atoms with Gasteiger partial charge in [0.2, 0.25) is 11.8 Å². The van der Waals surface area contributed by atoms with Crippen LogP contribution >= 0.6 is 0 Å². The Labute approximate surface area is 244 Å². The Bertz CT molecular complexity index is 1500. The van der Waals surface area contributed by atoms with Crippen LogP contribution in [0.5, 0.6) is 5.88 Å². The van der Waals surface area contributed by atoms with Crippen molar-refractivity contribution in [2.45, 2.75) is 44.6 Å². The number of nitrogens with zero attached hydrogens (tertiary/aromatic N) is 3. The van der Waals surface area contributed by atoms with Crippen LogP contribution < -0.4 is 15.6 Å². The minimum atomic E-state index is -1.32. The van der Waals surface area contributed by atoms with Crippen molar-refractivity contribution in [2.75, 3.05) is 13.7 Å². The number of methoxy groups -OCH3 is 1. The van der Waals surface area contributed by atoms with Crippen LogP contribution in [-0.4, -0.2) is 57.2 Å². The summed E-state index contributed by atoms with van der Waals surface area (Å²) < 4.78 is 12.0. The van der Waals surface area contributed by atoms with Crippen LogP contribution in [0, 0.1) is 0 Å². The van der Waals surface area contributed by atoms with Crippen molar-refractivity contribution >= 4 is 11.7 Å². The van der Waals surface area contributed by atoms with Crippen LogP contribution in [0.15, 0.2) is 96.1 Å². The summed E-state index contributed by atoms with van der Waals surface area (Å²) in [5.41, 5.74) is 1.35. The maximum atomic E-state index is 13.4. The summed E-state index contributed by atoms with van der Waals surface area (Å²) in [6.45, 7) is -0.0683. The second-order valence-corrected chi connectivity index (χ2v) is 9.68. The van der Waals surface area contributed by atoms with Crippen LogP contribution in [0.2, 0.25) is 0 Å². The van der Waals surface area contributed by atoms with Crippen LogP contribution in [0.25, 0.3) is 11.4 Å². The Kier molecular flexibility index (Phi) is 11.1. The van der Waals surface area contributed by atoms with Gasteiger partial charge in [-0.1, -0.05) is 66.7 Å². The molecule has 10 nitrogen and oxygen atoms in total. The Hall–Kier alpha value is -4.67. The molecule has 10 heteroatoms. The average Bonchev–Trinajstić information content (AvgIpc) is 3.02. The van der Waals surface area contributed by atoms with Crippen molar-refractivity contribution < 1.29 is 24.2 Å². The summed E-state index contributed by atoms with van der Waals surface area (Å²) in [6, 6.07) is 22.6. The van der Waals surface area contributed by atoms with Gasteiger partial charge >= 0.3 is 0 Å². The Morgan fingerprint density at radius 1 is 0.976 bits per heavy atom. The molecule has 0 spiro atoms. The maximum Gasteiger partial charge on any atom is 0.259 e. The second-order valence-electron chi connectivity index (χ2n) is 9.68. The molecule has 0 aliphatic carbocycles. The molecule has 42 heavy (non-hydrogen) atoms. The van der Waals surface area contributed by atoms with Crippen LogP contribution in [-0.2, 0) is 33.9 Å². The number of aromatic nitrogens is 3. The maximum absolute atomic E-state index is 13.4. The normalized spacial score (nSPS) is 12.3. The molecular weight excluding hydrogens is 536 g/mol. The smallest absolute Gasteiger partial charge is 0.259 e. The molecule has 2 aromatic carbocycles. The lowest BCUT2D eigenvalue weighted by molar-refractivity contribution is -0.133. The number of rotatable bonds is 15. The van der Waals surface area contributed by atoms with Crippen molar-refractivity contribution in [2.24, 2.45) is 0 Å². The standard InChI is InChI=1S/C32H34N4O6/c1-41-22-25-20-34-31(24-13-6-3-7-14-24)36(32(25)40)21-28(38)35-26(19-23-11-4-2-5-12-23)30(39)27(37)15-10-18-42-29-16-8-9-17-33-29/h2-9,11-14,16-17,20,26-27,37H,10,15,18-19,21-22H2,1H3,(H,35,38). The Balaban J connectivity index is 1.49. The Morgan fingerprint density at radius 3 is 2.38 bits per heavy atom. The van der Waals surface area contributed by atoms with Gasteiger partial charge < -0.3 is 19.9 Å². The molecule has 2 unspecified atom stereocenters. The fourth-order valence-electron chi connectivity index (χ4n) is 4.47. The largest absolute Gasteiger partial charge is 0.478 e. The number of carbonyl (C=O) groups is 2. The first-order valence-electron chi connectivity index (χ1n) is 13.7. The zero-order chi connectivity index (χ0) is 29.7. The fourth-order valence-corrected chi connectivity index (χ4v) is 4.47. The lowest BCUT2D eigenvalue weighted by atomic mass is 9.97. The van der Waals surface area contributed by atoms with Crippen LogP contribution in [0.3, 0.4) is 0 Å². The summed E-state index contributed by atoms with van der Waals surface area (Å²) in [4.78, 5) is 48.6. The highest BCUT2D eigenvalue weighted by Crippen LogP contribution is 2.16. The molecule has 0 aliphatic rings. The summed E-state index contributed by atoms with van der Waals surface area (Å²) in [5, 5.41) is 13.5. The number of ketones is 1. The second kappa shape index (κ2) is 15.4. The lowest BCUT2D eigenvalue weighted by Gasteiger charge is -2.22. The summed E-state index contributed by atoms with van der Waals surface area (Å²) in [7, 11) is 1.47. The summed E-state index contributed by atoms with van der Waals surface area (Å²) in [5.74, 6) is -0.311. The first-order valence-corrected chi connectivity index (χ1v) is 13.7. The van der Waals surface area contributed by atoms with E-state index in [0.29, 0.717) is 29.3 Å². The van der Waals surface area contributed by atoms with E-state index in [0.717, 1.165) is 5.56 Å². The number of ether oxygens (including phenoxy) is 2. The molecule has 1 amide bonds. The van der Waals surface area contributed by atoms with E-state index in [1.807, 2.05) is 48.5 Å². The molecule has 2 atom stereocenters. The van der Waals surface area contributed by atoms with Gasteiger partial charge in [0.15, 0.2) is 5.78 Å². The third kappa shape index (κ3) is 8.42. The molecule has 2 N–H and O–H groups in total. The number of aliphatic hydroxyl groups excluding tert-OH is 1. The number of amides is 1. The predicted octanol–water partition coefficient (Wildman–Crippen LogP) is 2.97. The van der Waals surface area contributed by atoms with Gasteiger partial charge in [0, 0.05) is 31.1 Å². The molecule has 0 fully saturated rings. The quantitative estimate of drug-likeness (QED) is 0.209.